The fraction of sp³-hybridized carbons (Fsp3) is 0.917. The SMILES string of the molecule is CCCN=C(N)NC1CCCCC1(C)C. The van der Waals surface area contributed by atoms with Crippen LogP contribution in [0.1, 0.15) is 52.9 Å². The van der Waals surface area contributed by atoms with Gasteiger partial charge in [-0.2, -0.15) is 0 Å². The van der Waals surface area contributed by atoms with Gasteiger partial charge in [-0.25, -0.2) is 0 Å². The molecule has 3 heteroatoms. The summed E-state index contributed by atoms with van der Waals surface area (Å²) in [5.74, 6) is 0.622. The largest absolute Gasteiger partial charge is 0.370 e. The van der Waals surface area contributed by atoms with Crippen LogP contribution >= 0.6 is 0 Å². The molecule has 88 valence electrons. The van der Waals surface area contributed by atoms with Gasteiger partial charge in [-0.3, -0.25) is 4.99 Å². The summed E-state index contributed by atoms with van der Waals surface area (Å²) in [6.07, 6.45) is 6.21. The first kappa shape index (κ1) is 12.3. The number of hydrogen-bond acceptors (Lipinski definition) is 1. The third-order valence-electron chi connectivity index (χ3n) is 3.34. The molecule has 0 aromatic heterocycles. The van der Waals surface area contributed by atoms with Crippen molar-refractivity contribution in [1.82, 2.24) is 5.32 Å². The van der Waals surface area contributed by atoms with Crippen molar-refractivity contribution in [3.05, 3.63) is 0 Å². The molecule has 0 amide bonds. The molecule has 0 radical (unpaired) electrons. The van der Waals surface area contributed by atoms with Crippen LogP contribution in [0, 0.1) is 5.41 Å². The highest BCUT2D eigenvalue weighted by Crippen LogP contribution is 2.35. The maximum atomic E-state index is 5.85. The highest BCUT2D eigenvalue weighted by Gasteiger charge is 2.32. The van der Waals surface area contributed by atoms with Gasteiger partial charge in [0.2, 0.25) is 0 Å². The van der Waals surface area contributed by atoms with E-state index in [1.165, 1.54) is 25.7 Å². The zero-order valence-corrected chi connectivity index (χ0v) is 10.3. The first-order valence-electron chi connectivity index (χ1n) is 6.12. The second-order valence-electron chi connectivity index (χ2n) is 5.20. The first-order valence-corrected chi connectivity index (χ1v) is 6.12. The zero-order chi connectivity index (χ0) is 11.3. The minimum absolute atomic E-state index is 0.352. The molecule has 0 heterocycles. The van der Waals surface area contributed by atoms with Crippen LogP contribution in [0.2, 0.25) is 0 Å². The molecule has 0 bridgehead atoms. The Kier molecular flexibility index (Phi) is 4.43. The Balaban J connectivity index is 2.48. The molecule has 1 aliphatic rings. The molecule has 1 aliphatic carbocycles. The predicted molar refractivity (Wildman–Crippen MR) is 66.0 cm³/mol. The third-order valence-corrected chi connectivity index (χ3v) is 3.34. The molecule has 0 aromatic carbocycles. The monoisotopic (exact) mass is 211 g/mol. The van der Waals surface area contributed by atoms with E-state index in [0.717, 1.165) is 13.0 Å². The summed E-state index contributed by atoms with van der Waals surface area (Å²) in [4.78, 5) is 4.29. The van der Waals surface area contributed by atoms with Crippen LogP contribution in [-0.2, 0) is 0 Å². The van der Waals surface area contributed by atoms with Gasteiger partial charge in [-0.05, 0) is 24.7 Å². The Morgan fingerprint density at radius 2 is 2.20 bits per heavy atom. The van der Waals surface area contributed by atoms with Gasteiger partial charge in [-0.15, -0.1) is 0 Å². The summed E-state index contributed by atoms with van der Waals surface area (Å²) >= 11 is 0. The Bertz CT molecular complexity index is 221. The molecule has 0 spiro atoms. The number of nitrogens with one attached hydrogen (secondary N) is 1. The normalized spacial score (nSPS) is 26.3. The average Bonchev–Trinajstić information content (AvgIpc) is 2.18. The van der Waals surface area contributed by atoms with E-state index in [0.29, 0.717) is 17.4 Å². The van der Waals surface area contributed by atoms with Crippen molar-refractivity contribution in [3.8, 4) is 0 Å². The number of rotatable bonds is 3. The molecule has 1 rings (SSSR count). The summed E-state index contributed by atoms with van der Waals surface area (Å²) in [5.41, 5.74) is 6.20. The highest BCUT2D eigenvalue weighted by atomic mass is 15.1. The minimum atomic E-state index is 0.352. The first-order chi connectivity index (χ1) is 7.06. The molecule has 0 aliphatic heterocycles. The third kappa shape index (κ3) is 3.73. The zero-order valence-electron chi connectivity index (χ0n) is 10.3. The summed E-state index contributed by atoms with van der Waals surface area (Å²) in [5, 5.41) is 3.37. The van der Waals surface area contributed by atoms with Crippen LogP contribution in [0.4, 0.5) is 0 Å². The van der Waals surface area contributed by atoms with E-state index in [1.807, 2.05) is 0 Å². The van der Waals surface area contributed by atoms with Gasteiger partial charge in [0.1, 0.15) is 0 Å². The van der Waals surface area contributed by atoms with Crippen LogP contribution in [0.25, 0.3) is 0 Å². The second kappa shape index (κ2) is 5.38. The van der Waals surface area contributed by atoms with E-state index in [1.54, 1.807) is 0 Å². The van der Waals surface area contributed by atoms with Gasteiger partial charge in [0.25, 0.3) is 0 Å². The highest BCUT2D eigenvalue weighted by molar-refractivity contribution is 5.78. The number of nitrogens with two attached hydrogens (primary N) is 1. The number of guanidine groups is 1. The van der Waals surface area contributed by atoms with Gasteiger partial charge in [0.15, 0.2) is 5.96 Å². The molecule has 0 aromatic rings. The Morgan fingerprint density at radius 3 is 2.80 bits per heavy atom. The molecule has 1 atom stereocenters. The Hall–Kier alpha value is -0.730. The van der Waals surface area contributed by atoms with Crippen LogP contribution in [0.5, 0.6) is 0 Å². The van der Waals surface area contributed by atoms with Gasteiger partial charge in [0.05, 0.1) is 0 Å². The summed E-state index contributed by atoms with van der Waals surface area (Å²) in [6.45, 7) is 7.57. The van der Waals surface area contributed by atoms with Gasteiger partial charge in [0, 0.05) is 12.6 Å². The molecule has 1 unspecified atom stereocenters. The van der Waals surface area contributed by atoms with Crippen LogP contribution in [-0.4, -0.2) is 18.5 Å². The lowest BCUT2D eigenvalue weighted by Crippen LogP contribution is -2.49. The molecular weight excluding hydrogens is 186 g/mol. The molecule has 1 saturated carbocycles. The maximum Gasteiger partial charge on any atom is 0.188 e. The minimum Gasteiger partial charge on any atom is -0.370 e. The number of nitrogens with zero attached hydrogens (tertiary/aromatic N) is 1. The van der Waals surface area contributed by atoms with Crippen molar-refractivity contribution in [3.63, 3.8) is 0 Å². The smallest absolute Gasteiger partial charge is 0.188 e. The lowest BCUT2D eigenvalue weighted by Gasteiger charge is -2.39. The fourth-order valence-electron chi connectivity index (χ4n) is 2.22. The lowest BCUT2D eigenvalue weighted by atomic mass is 9.73. The number of aliphatic imine (C=N–C) groups is 1. The molecule has 3 N–H and O–H groups in total. The van der Waals surface area contributed by atoms with Crippen molar-refractivity contribution in [1.29, 1.82) is 0 Å². The summed E-state index contributed by atoms with van der Waals surface area (Å²) in [6, 6.07) is 0.492. The summed E-state index contributed by atoms with van der Waals surface area (Å²) < 4.78 is 0. The molecular formula is C12H25N3. The molecule has 15 heavy (non-hydrogen) atoms. The van der Waals surface area contributed by atoms with Gasteiger partial charge in [-0.1, -0.05) is 33.6 Å². The lowest BCUT2D eigenvalue weighted by molar-refractivity contribution is 0.185. The number of hydrogen-bond donors (Lipinski definition) is 2. The Morgan fingerprint density at radius 1 is 1.47 bits per heavy atom. The van der Waals surface area contributed by atoms with E-state index in [2.05, 4.69) is 31.1 Å². The standard InChI is InChI=1S/C12H25N3/c1-4-9-14-11(13)15-10-7-5-6-8-12(10,2)3/h10H,4-9H2,1-3H3,(H3,13,14,15). The van der Waals surface area contributed by atoms with E-state index in [-0.39, 0.29) is 0 Å². The Labute approximate surface area is 93.5 Å². The van der Waals surface area contributed by atoms with E-state index < -0.39 is 0 Å². The van der Waals surface area contributed by atoms with E-state index in [4.69, 9.17) is 5.73 Å². The van der Waals surface area contributed by atoms with Crippen LogP contribution < -0.4 is 11.1 Å². The van der Waals surface area contributed by atoms with E-state index in [9.17, 15) is 0 Å². The molecule has 3 nitrogen and oxygen atoms in total. The maximum absolute atomic E-state index is 5.85. The van der Waals surface area contributed by atoms with Crippen LogP contribution in [0.15, 0.2) is 4.99 Å². The van der Waals surface area contributed by atoms with Crippen molar-refractivity contribution in [2.45, 2.75) is 58.9 Å². The van der Waals surface area contributed by atoms with E-state index >= 15 is 0 Å². The van der Waals surface area contributed by atoms with Crippen molar-refractivity contribution >= 4 is 5.96 Å². The second-order valence-corrected chi connectivity index (χ2v) is 5.20. The quantitative estimate of drug-likeness (QED) is 0.556. The molecule has 1 fully saturated rings. The molecule has 0 saturated heterocycles. The van der Waals surface area contributed by atoms with Gasteiger partial charge < -0.3 is 11.1 Å². The van der Waals surface area contributed by atoms with Crippen LogP contribution in [0.3, 0.4) is 0 Å². The summed E-state index contributed by atoms with van der Waals surface area (Å²) in [7, 11) is 0. The topological polar surface area (TPSA) is 50.4 Å². The average molecular weight is 211 g/mol. The van der Waals surface area contributed by atoms with Crippen molar-refractivity contribution in [2.75, 3.05) is 6.54 Å². The van der Waals surface area contributed by atoms with Gasteiger partial charge >= 0.3 is 0 Å². The van der Waals surface area contributed by atoms with Crippen molar-refractivity contribution < 1.29 is 0 Å². The fourth-order valence-corrected chi connectivity index (χ4v) is 2.22. The van der Waals surface area contributed by atoms with Crippen molar-refractivity contribution in [2.24, 2.45) is 16.1 Å². The predicted octanol–water partition coefficient (Wildman–Crippen LogP) is 2.27.